The molecule has 0 aliphatic heterocycles. The monoisotopic (exact) mass is 285 g/mol. The van der Waals surface area contributed by atoms with Crippen molar-refractivity contribution >= 4 is 16.7 Å². The van der Waals surface area contributed by atoms with Gasteiger partial charge in [-0.3, -0.25) is 4.79 Å². The van der Waals surface area contributed by atoms with Crippen molar-refractivity contribution in [2.24, 2.45) is 0 Å². The minimum atomic E-state index is -0.206. The molecule has 0 fully saturated rings. The maximum absolute atomic E-state index is 12.3. The van der Waals surface area contributed by atoms with Crippen LogP contribution in [0, 0.1) is 0 Å². The van der Waals surface area contributed by atoms with Crippen molar-refractivity contribution in [3.63, 3.8) is 0 Å². The smallest absolute Gasteiger partial charge is 0.255 e. The Bertz CT molecular complexity index is 622. The number of phenols is 1. The Hall–Kier alpha value is -2.03. The minimum absolute atomic E-state index is 0.0614. The van der Waals surface area contributed by atoms with Crippen LogP contribution in [-0.4, -0.2) is 17.1 Å². The highest BCUT2D eigenvalue weighted by molar-refractivity contribution is 6.03. The third-order valence-corrected chi connectivity index (χ3v) is 3.76. The van der Waals surface area contributed by atoms with Crippen LogP contribution in [0.25, 0.3) is 10.8 Å². The summed E-state index contributed by atoms with van der Waals surface area (Å²) < 4.78 is 0. The molecule has 0 aromatic heterocycles. The lowest BCUT2D eigenvalue weighted by Gasteiger charge is -2.15. The summed E-state index contributed by atoms with van der Waals surface area (Å²) >= 11 is 0. The quantitative estimate of drug-likeness (QED) is 0.780. The number of phenolic OH excluding ortho intramolecular Hbond substituents is 1. The van der Waals surface area contributed by atoms with E-state index in [4.69, 9.17) is 0 Å². The summed E-state index contributed by atoms with van der Waals surface area (Å²) in [5.41, 5.74) is 0.344. The molecule has 1 amide bonds. The van der Waals surface area contributed by atoms with Crippen LogP contribution in [0.15, 0.2) is 36.4 Å². The molecule has 2 rings (SSSR count). The average Bonchev–Trinajstić information content (AvgIpc) is 2.48. The molecule has 112 valence electrons. The predicted molar refractivity (Wildman–Crippen MR) is 86.7 cm³/mol. The molecule has 21 heavy (non-hydrogen) atoms. The summed E-state index contributed by atoms with van der Waals surface area (Å²) in [7, 11) is 0. The van der Waals surface area contributed by atoms with Gasteiger partial charge in [-0.15, -0.1) is 0 Å². The van der Waals surface area contributed by atoms with Gasteiger partial charge in [-0.2, -0.15) is 0 Å². The summed E-state index contributed by atoms with van der Waals surface area (Å²) in [5.74, 6) is -0.145. The number of carbonyl (C=O) groups is 1. The lowest BCUT2D eigenvalue weighted by Crippen LogP contribution is -2.32. The molecule has 1 unspecified atom stereocenters. The highest BCUT2D eigenvalue weighted by Crippen LogP contribution is 2.28. The predicted octanol–water partition coefficient (Wildman–Crippen LogP) is 4.24. The average molecular weight is 285 g/mol. The fourth-order valence-corrected chi connectivity index (χ4v) is 2.51. The molecule has 1 atom stereocenters. The van der Waals surface area contributed by atoms with Crippen LogP contribution >= 0.6 is 0 Å². The number of nitrogens with one attached hydrogen (secondary N) is 1. The van der Waals surface area contributed by atoms with Crippen molar-refractivity contribution in [1.29, 1.82) is 0 Å². The Morgan fingerprint density at radius 3 is 2.71 bits per heavy atom. The number of fused-ring (bicyclic) bond motifs is 1. The summed E-state index contributed by atoms with van der Waals surface area (Å²) in [4.78, 5) is 12.3. The standard InChI is InChI=1S/C18H23NO2/c1-3-4-5-8-13(2)19-18(21)16-12-11-14-9-6-7-10-15(14)17(16)20/h6-7,9-13,20H,3-5,8H2,1-2H3,(H,19,21). The van der Waals surface area contributed by atoms with E-state index in [1.54, 1.807) is 6.07 Å². The second-order valence-electron chi connectivity index (χ2n) is 5.55. The van der Waals surface area contributed by atoms with Gasteiger partial charge in [0.15, 0.2) is 0 Å². The molecule has 2 N–H and O–H groups in total. The zero-order valence-electron chi connectivity index (χ0n) is 12.7. The van der Waals surface area contributed by atoms with Gasteiger partial charge in [-0.05, 0) is 24.8 Å². The topological polar surface area (TPSA) is 49.3 Å². The number of carbonyl (C=O) groups excluding carboxylic acids is 1. The number of rotatable bonds is 6. The van der Waals surface area contributed by atoms with E-state index in [1.165, 1.54) is 12.8 Å². The molecule has 0 heterocycles. The number of unbranched alkanes of at least 4 members (excludes halogenated alkanes) is 2. The van der Waals surface area contributed by atoms with Gasteiger partial charge >= 0.3 is 0 Å². The van der Waals surface area contributed by atoms with Crippen molar-refractivity contribution in [3.05, 3.63) is 42.0 Å². The number of hydrogen-bond acceptors (Lipinski definition) is 2. The molecule has 0 radical (unpaired) electrons. The molecule has 3 nitrogen and oxygen atoms in total. The molecule has 0 bridgehead atoms. The minimum Gasteiger partial charge on any atom is -0.506 e. The van der Waals surface area contributed by atoms with Crippen LogP contribution < -0.4 is 5.32 Å². The molecule has 0 spiro atoms. The number of aromatic hydroxyl groups is 1. The van der Waals surface area contributed by atoms with Gasteiger partial charge in [0.05, 0.1) is 5.56 Å². The van der Waals surface area contributed by atoms with Crippen molar-refractivity contribution in [1.82, 2.24) is 5.32 Å². The molecule has 3 heteroatoms. The molecule has 0 aliphatic rings. The first-order chi connectivity index (χ1) is 10.1. The Morgan fingerprint density at radius 2 is 1.95 bits per heavy atom. The van der Waals surface area contributed by atoms with Crippen molar-refractivity contribution in [3.8, 4) is 5.75 Å². The lowest BCUT2D eigenvalue weighted by molar-refractivity contribution is 0.0935. The van der Waals surface area contributed by atoms with Crippen LogP contribution in [0.3, 0.4) is 0 Å². The zero-order valence-corrected chi connectivity index (χ0v) is 12.7. The highest BCUT2D eigenvalue weighted by atomic mass is 16.3. The number of hydrogen-bond donors (Lipinski definition) is 2. The third-order valence-electron chi connectivity index (χ3n) is 3.76. The third kappa shape index (κ3) is 3.75. The summed E-state index contributed by atoms with van der Waals surface area (Å²) in [6, 6.07) is 11.2. The van der Waals surface area contributed by atoms with Crippen molar-refractivity contribution < 1.29 is 9.90 Å². The van der Waals surface area contributed by atoms with Gasteiger partial charge in [0, 0.05) is 11.4 Å². The first kappa shape index (κ1) is 15.4. The molecule has 0 aliphatic carbocycles. The van der Waals surface area contributed by atoms with E-state index in [1.807, 2.05) is 37.3 Å². The lowest BCUT2D eigenvalue weighted by atomic mass is 10.0. The van der Waals surface area contributed by atoms with E-state index in [0.29, 0.717) is 10.9 Å². The maximum atomic E-state index is 12.3. The first-order valence-electron chi connectivity index (χ1n) is 7.65. The summed E-state index contributed by atoms with van der Waals surface area (Å²) in [6.45, 7) is 4.17. The van der Waals surface area contributed by atoms with E-state index < -0.39 is 0 Å². The van der Waals surface area contributed by atoms with Gasteiger partial charge in [0.1, 0.15) is 5.75 Å². The van der Waals surface area contributed by atoms with Crippen molar-refractivity contribution in [2.45, 2.75) is 45.6 Å². The molecule has 0 saturated carbocycles. The second-order valence-corrected chi connectivity index (χ2v) is 5.55. The Labute approximate surface area is 126 Å². The molecular weight excluding hydrogens is 262 g/mol. The Kier molecular flexibility index (Phi) is 5.20. The molecular formula is C18H23NO2. The maximum Gasteiger partial charge on any atom is 0.255 e. The molecule has 2 aromatic rings. The van der Waals surface area contributed by atoms with Gasteiger partial charge < -0.3 is 10.4 Å². The van der Waals surface area contributed by atoms with Gasteiger partial charge in [-0.25, -0.2) is 0 Å². The Balaban J connectivity index is 2.10. The second kappa shape index (κ2) is 7.11. The summed E-state index contributed by atoms with van der Waals surface area (Å²) in [6.07, 6.45) is 4.43. The molecule has 2 aromatic carbocycles. The van der Waals surface area contributed by atoms with Crippen LogP contribution in [0.5, 0.6) is 5.75 Å². The fraction of sp³-hybridized carbons (Fsp3) is 0.389. The molecule has 0 saturated heterocycles. The zero-order chi connectivity index (χ0) is 15.2. The van der Waals surface area contributed by atoms with Crippen molar-refractivity contribution in [2.75, 3.05) is 0 Å². The normalized spacial score (nSPS) is 12.3. The van der Waals surface area contributed by atoms with E-state index in [2.05, 4.69) is 12.2 Å². The van der Waals surface area contributed by atoms with Crippen LogP contribution in [0.1, 0.15) is 49.9 Å². The fourth-order valence-electron chi connectivity index (χ4n) is 2.51. The van der Waals surface area contributed by atoms with Gasteiger partial charge in [-0.1, -0.05) is 56.5 Å². The Morgan fingerprint density at radius 1 is 1.19 bits per heavy atom. The van der Waals surface area contributed by atoms with Gasteiger partial charge in [0.2, 0.25) is 0 Å². The highest BCUT2D eigenvalue weighted by Gasteiger charge is 2.15. The number of amides is 1. The largest absolute Gasteiger partial charge is 0.506 e. The van der Waals surface area contributed by atoms with E-state index >= 15 is 0 Å². The number of benzene rings is 2. The van der Waals surface area contributed by atoms with Gasteiger partial charge in [0.25, 0.3) is 5.91 Å². The van der Waals surface area contributed by atoms with E-state index in [0.717, 1.165) is 18.2 Å². The van der Waals surface area contributed by atoms with Crippen LogP contribution in [0.2, 0.25) is 0 Å². The van der Waals surface area contributed by atoms with E-state index in [9.17, 15) is 9.90 Å². The SMILES string of the molecule is CCCCCC(C)NC(=O)c1ccc2ccccc2c1O. The van der Waals surface area contributed by atoms with Crippen LogP contribution in [-0.2, 0) is 0 Å². The first-order valence-corrected chi connectivity index (χ1v) is 7.65. The van der Waals surface area contributed by atoms with Crippen LogP contribution in [0.4, 0.5) is 0 Å². The summed E-state index contributed by atoms with van der Waals surface area (Å²) in [5, 5.41) is 14.9. The van der Waals surface area contributed by atoms with E-state index in [-0.39, 0.29) is 17.7 Å².